The third kappa shape index (κ3) is 3.46. The lowest BCUT2D eigenvalue weighted by molar-refractivity contribution is 0.0598. The molecule has 4 nitrogen and oxygen atoms in total. The van der Waals surface area contributed by atoms with Crippen LogP contribution in [0, 0.1) is 11.7 Å². The summed E-state index contributed by atoms with van der Waals surface area (Å²) in [6, 6.07) is 2.46. The maximum atomic E-state index is 14.0. The predicted octanol–water partition coefficient (Wildman–Crippen LogP) is 3.54. The first-order valence-corrected chi connectivity index (χ1v) is 7.40. The summed E-state index contributed by atoms with van der Waals surface area (Å²) in [5, 5.41) is 0. The van der Waals surface area contributed by atoms with Crippen LogP contribution >= 0.6 is 0 Å². The maximum Gasteiger partial charge on any atom is 0.340 e. The first kappa shape index (κ1) is 15.6. The molecule has 2 unspecified atom stereocenters. The molecule has 1 saturated carbocycles. The fraction of sp³-hybridized carbons (Fsp3) is 0.562. The summed E-state index contributed by atoms with van der Waals surface area (Å²) in [4.78, 5) is 11.6. The third-order valence-electron chi connectivity index (χ3n) is 4.15. The Bertz CT molecular complexity index is 518. The van der Waals surface area contributed by atoms with Gasteiger partial charge in [0.05, 0.1) is 12.7 Å². The van der Waals surface area contributed by atoms with Gasteiger partial charge in [-0.1, -0.05) is 13.3 Å². The fourth-order valence-corrected chi connectivity index (χ4v) is 2.90. The van der Waals surface area contributed by atoms with Gasteiger partial charge >= 0.3 is 5.97 Å². The molecule has 21 heavy (non-hydrogen) atoms. The molecule has 0 amide bonds. The number of esters is 1. The second-order valence-corrected chi connectivity index (χ2v) is 5.47. The van der Waals surface area contributed by atoms with Gasteiger partial charge in [0.15, 0.2) is 11.6 Å². The first-order chi connectivity index (χ1) is 10.1. The molecule has 1 aromatic rings. The van der Waals surface area contributed by atoms with Gasteiger partial charge in [0.1, 0.15) is 6.10 Å². The van der Waals surface area contributed by atoms with Crippen LogP contribution in [0.2, 0.25) is 0 Å². The van der Waals surface area contributed by atoms with E-state index < -0.39 is 11.8 Å². The van der Waals surface area contributed by atoms with E-state index in [0.717, 1.165) is 31.7 Å². The minimum Gasteiger partial charge on any atom is -0.487 e. The highest BCUT2D eigenvalue weighted by Gasteiger charge is 2.27. The van der Waals surface area contributed by atoms with E-state index in [4.69, 9.17) is 10.5 Å². The number of methoxy groups -OCH3 is 1. The standard InChI is InChI=1S/C16H22FNO3/c1-3-10-6-4-5-7-14(10)21-15-8-11(16(19)20-2)13(18)9-12(15)17/h8-10,14H,3-7,18H2,1-2H3. The lowest BCUT2D eigenvalue weighted by Gasteiger charge is -2.31. The van der Waals surface area contributed by atoms with Gasteiger partial charge in [0.25, 0.3) is 0 Å². The van der Waals surface area contributed by atoms with Crippen molar-refractivity contribution >= 4 is 11.7 Å². The number of nitrogen functional groups attached to an aromatic ring is 1. The molecule has 0 bridgehead atoms. The van der Waals surface area contributed by atoms with E-state index in [1.807, 2.05) is 0 Å². The van der Waals surface area contributed by atoms with Crippen molar-refractivity contribution in [2.24, 2.45) is 5.92 Å². The molecule has 1 aromatic carbocycles. The van der Waals surface area contributed by atoms with Crippen molar-refractivity contribution in [1.29, 1.82) is 0 Å². The van der Waals surface area contributed by atoms with Crippen molar-refractivity contribution in [3.63, 3.8) is 0 Å². The minimum atomic E-state index is -0.590. The quantitative estimate of drug-likeness (QED) is 0.681. The number of carbonyl (C=O) groups excluding carboxylic acids is 1. The molecule has 0 aromatic heterocycles. The summed E-state index contributed by atoms with van der Waals surface area (Å²) in [7, 11) is 1.26. The van der Waals surface area contributed by atoms with Crippen LogP contribution in [0.4, 0.5) is 10.1 Å². The van der Waals surface area contributed by atoms with E-state index >= 15 is 0 Å². The van der Waals surface area contributed by atoms with Gasteiger partial charge in [-0.2, -0.15) is 0 Å². The molecular formula is C16H22FNO3. The summed E-state index contributed by atoms with van der Waals surface area (Å²) < 4.78 is 24.5. The minimum absolute atomic E-state index is 0.00706. The van der Waals surface area contributed by atoms with Crippen molar-refractivity contribution in [2.75, 3.05) is 12.8 Å². The second-order valence-electron chi connectivity index (χ2n) is 5.47. The van der Waals surface area contributed by atoms with E-state index in [0.29, 0.717) is 5.92 Å². The molecule has 0 heterocycles. The Morgan fingerprint density at radius 1 is 1.38 bits per heavy atom. The summed E-state index contributed by atoms with van der Waals surface area (Å²) in [6.45, 7) is 2.12. The summed E-state index contributed by atoms with van der Waals surface area (Å²) >= 11 is 0. The Balaban J connectivity index is 2.24. The lowest BCUT2D eigenvalue weighted by atomic mass is 9.85. The van der Waals surface area contributed by atoms with Crippen LogP contribution in [0.1, 0.15) is 49.4 Å². The number of carbonyl (C=O) groups is 1. The van der Waals surface area contributed by atoms with Gasteiger partial charge < -0.3 is 15.2 Å². The highest BCUT2D eigenvalue weighted by molar-refractivity contribution is 5.95. The van der Waals surface area contributed by atoms with Crippen LogP contribution in [-0.4, -0.2) is 19.2 Å². The normalized spacial score (nSPS) is 21.9. The SMILES string of the molecule is CCC1CCCCC1Oc1cc(C(=O)OC)c(N)cc1F. The molecule has 2 rings (SSSR count). The predicted molar refractivity (Wildman–Crippen MR) is 78.8 cm³/mol. The molecule has 116 valence electrons. The Morgan fingerprint density at radius 2 is 2.10 bits per heavy atom. The molecule has 0 aliphatic heterocycles. The van der Waals surface area contributed by atoms with Crippen LogP contribution < -0.4 is 10.5 Å². The van der Waals surface area contributed by atoms with E-state index in [-0.39, 0.29) is 23.1 Å². The molecule has 1 aliphatic rings. The molecule has 0 saturated heterocycles. The van der Waals surface area contributed by atoms with Gasteiger partial charge in [-0.05, 0) is 37.7 Å². The van der Waals surface area contributed by atoms with Crippen LogP contribution in [0.5, 0.6) is 5.75 Å². The molecule has 5 heteroatoms. The van der Waals surface area contributed by atoms with Crippen molar-refractivity contribution in [3.05, 3.63) is 23.5 Å². The van der Waals surface area contributed by atoms with Crippen molar-refractivity contribution in [2.45, 2.75) is 45.1 Å². The Labute approximate surface area is 124 Å². The molecule has 0 radical (unpaired) electrons. The fourth-order valence-electron chi connectivity index (χ4n) is 2.90. The van der Waals surface area contributed by atoms with E-state index in [1.54, 1.807) is 0 Å². The van der Waals surface area contributed by atoms with Crippen LogP contribution in [0.25, 0.3) is 0 Å². The smallest absolute Gasteiger partial charge is 0.340 e. The first-order valence-electron chi connectivity index (χ1n) is 7.40. The molecule has 2 N–H and O–H groups in total. The van der Waals surface area contributed by atoms with E-state index in [1.165, 1.54) is 19.6 Å². The average molecular weight is 295 g/mol. The van der Waals surface area contributed by atoms with Gasteiger partial charge in [-0.3, -0.25) is 0 Å². The van der Waals surface area contributed by atoms with Gasteiger partial charge in [0.2, 0.25) is 0 Å². The number of hydrogen-bond donors (Lipinski definition) is 1. The monoisotopic (exact) mass is 295 g/mol. The summed E-state index contributed by atoms with van der Waals surface area (Å²) in [5.41, 5.74) is 5.85. The number of benzene rings is 1. The number of nitrogens with two attached hydrogens (primary N) is 1. The zero-order chi connectivity index (χ0) is 15.4. The molecule has 0 spiro atoms. The Kier molecular flexibility index (Phi) is 5.04. The number of anilines is 1. The van der Waals surface area contributed by atoms with Crippen molar-refractivity contribution < 1.29 is 18.7 Å². The zero-order valence-electron chi connectivity index (χ0n) is 12.5. The van der Waals surface area contributed by atoms with Crippen molar-refractivity contribution in [1.82, 2.24) is 0 Å². The Morgan fingerprint density at radius 3 is 2.76 bits per heavy atom. The topological polar surface area (TPSA) is 61.5 Å². The van der Waals surface area contributed by atoms with E-state index in [2.05, 4.69) is 11.7 Å². The number of hydrogen-bond acceptors (Lipinski definition) is 4. The van der Waals surface area contributed by atoms with Gasteiger partial charge in [-0.15, -0.1) is 0 Å². The van der Waals surface area contributed by atoms with Crippen molar-refractivity contribution in [3.8, 4) is 5.75 Å². The number of halogens is 1. The molecule has 2 atom stereocenters. The number of rotatable bonds is 4. The van der Waals surface area contributed by atoms with Gasteiger partial charge in [-0.25, -0.2) is 9.18 Å². The summed E-state index contributed by atoms with van der Waals surface area (Å²) in [5.74, 6) is -0.624. The van der Waals surface area contributed by atoms with E-state index in [9.17, 15) is 9.18 Å². The van der Waals surface area contributed by atoms with Crippen LogP contribution in [-0.2, 0) is 4.74 Å². The van der Waals surface area contributed by atoms with Gasteiger partial charge in [0, 0.05) is 11.8 Å². The molecule has 1 fully saturated rings. The second kappa shape index (κ2) is 6.78. The highest BCUT2D eigenvalue weighted by Crippen LogP contribution is 2.33. The highest BCUT2D eigenvalue weighted by atomic mass is 19.1. The zero-order valence-corrected chi connectivity index (χ0v) is 12.5. The molecule has 1 aliphatic carbocycles. The van der Waals surface area contributed by atoms with Crippen LogP contribution in [0.15, 0.2) is 12.1 Å². The Hall–Kier alpha value is -1.78. The summed E-state index contributed by atoms with van der Waals surface area (Å²) in [6.07, 6.45) is 5.28. The number of ether oxygens (including phenoxy) is 2. The largest absolute Gasteiger partial charge is 0.487 e. The molecular weight excluding hydrogens is 273 g/mol. The third-order valence-corrected chi connectivity index (χ3v) is 4.15. The average Bonchev–Trinajstić information content (AvgIpc) is 2.49. The maximum absolute atomic E-state index is 14.0. The van der Waals surface area contributed by atoms with Crippen LogP contribution in [0.3, 0.4) is 0 Å². The lowest BCUT2D eigenvalue weighted by Crippen LogP contribution is -2.30.